The van der Waals surface area contributed by atoms with E-state index in [1.165, 1.54) is 78.6 Å². The summed E-state index contributed by atoms with van der Waals surface area (Å²) >= 11 is 0. The molecular formula is C114H162N24+4. The molecule has 0 saturated heterocycles. The molecule has 13 aromatic rings. The summed E-state index contributed by atoms with van der Waals surface area (Å²) in [6, 6.07) is 37.6. The Bertz CT molecular complexity index is 6370. The highest BCUT2D eigenvalue weighted by atomic mass is 15.5. The Morgan fingerprint density at radius 1 is 0.326 bits per heavy atom. The molecule has 5 aromatic carbocycles. The van der Waals surface area contributed by atoms with Gasteiger partial charge in [0.1, 0.15) is 65.0 Å². The van der Waals surface area contributed by atoms with Gasteiger partial charge < -0.3 is 33.3 Å². The Morgan fingerprint density at radius 2 is 0.616 bits per heavy atom. The van der Waals surface area contributed by atoms with Crippen LogP contribution < -0.4 is 37.9 Å². The van der Waals surface area contributed by atoms with Crippen LogP contribution >= 0.6 is 0 Å². The lowest BCUT2D eigenvalue weighted by Gasteiger charge is -2.39. The number of aromatic nitrogens is 16. The maximum Gasteiger partial charge on any atom is 0.370 e. The molecule has 0 fully saturated rings. The number of nitrogens with zero attached hydrogens (tertiary/aromatic N) is 24. The molecule has 4 atom stereocenters. The van der Waals surface area contributed by atoms with Gasteiger partial charge in [-0.3, -0.25) is 4.68 Å². The fraction of sp³-hybridized carbons (Fsp3) is 0.474. The van der Waals surface area contributed by atoms with Crippen molar-refractivity contribution in [2.45, 2.75) is 302 Å². The van der Waals surface area contributed by atoms with E-state index < -0.39 is 0 Å². The third-order valence-electron chi connectivity index (χ3n) is 29.7. The molecule has 4 aliphatic rings. The number of imidazole rings is 7. The number of hydrogen-bond donors (Lipinski definition) is 0. The lowest BCUT2D eigenvalue weighted by atomic mass is 9.92. The fourth-order valence-electron chi connectivity index (χ4n) is 22.0. The van der Waals surface area contributed by atoms with Gasteiger partial charge in [0.25, 0.3) is 0 Å². The van der Waals surface area contributed by atoms with Crippen molar-refractivity contribution in [3.05, 3.63) is 300 Å². The average molecular weight is 1870 g/mol. The molecular weight excluding hydrogens is 1710 g/mol. The van der Waals surface area contributed by atoms with Crippen molar-refractivity contribution < 1.29 is 18.3 Å². The summed E-state index contributed by atoms with van der Waals surface area (Å²) in [5.41, 5.74) is 20.9. The first-order valence-electron chi connectivity index (χ1n) is 50.2. The monoisotopic (exact) mass is 1870 g/mol. The normalized spacial score (nSPS) is 16.5. The molecule has 0 N–H and O–H groups in total. The van der Waals surface area contributed by atoms with Crippen LogP contribution in [0.3, 0.4) is 0 Å². The van der Waals surface area contributed by atoms with E-state index in [0.29, 0.717) is 47.3 Å². The van der Waals surface area contributed by atoms with Crippen molar-refractivity contribution in [1.82, 2.24) is 76.3 Å². The van der Waals surface area contributed by atoms with Crippen LogP contribution in [0.25, 0.3) is 33.8 Å². The van der Waals surface area contributed by atoms with Crippen LogP contribution in [-0.2, 0) is 78.5 Å². The van der Waals surface area contributed by atoms with Gasteiger partial charge in [0.15, 0.2) is 24.7 Å². The molecule has 4 aliphatic heterocycles. The molecule has 17 rings (SSSR count). The van der Waals surface area contributed by atoms with Crippen molar-refractivity contribution in [1.29, 1.82) is 0 Å². The van der Waals surface area contributed by atoms with Gasteiger partial charge in [0.05, 0.1) is 134 Å². The van der Waals surface area contributed by atoms with Crippen molar-refractivity contribution >= 4 is 34.8 Å². The number of fused-ring (bicyclic) bond motifs is 1. The van der Waals surface area contributed by atoms with Crippen LogP contribution in [0.15, 0.2) is 221 Å². The lowest BCUT2D eigenvalue weighted by molar-refractivity contribution is -0.657. The zero-order valence-corrected chi connectivity index (χ0v) is 90.4. The third kappa shape index (κ3) is 18.4. The number of para-hydroxylation sites is 6. The second kappa shape index (κ2) is 39.4. The SMILES string of the molecule is CC(C)c1cccc(C(C)C)c1-n1cc[n+](C)c1N1C=CN(C(C)(C)c2nc3ccccc3n2C)[C@@H]1C.CC(C)c1cccc(C(C)C)c1-n1cc[n+](C)c1N1C=CN(C(C)(C)c2nccn2C)[C@@H]1C.Cc1cc(C(C)(C)N2C=CN(c3n(-c4c(C(C)C)cccc4C(C)C)cc[n+]3C)[C@H]2C)n(C)n1.Cc1ncc(C(C)(C)N2C=CN(c3n(-c4c(C(C)C)cccc4C(C)C)cc[n+]3C)[C@H]2C)n1C. The number of rotatable bonds is 24. The topological polar surface area (TPSA) is 132 Å². The number of benzene rings is 5. The van der Waals surface area contributed by atoms with Gasteiger partial charge in [-0.25, -0.2) is 71.1 Å². The van der Waals surface area contributed by atoms with Crippen molar-refractivity contribution in [3.63, 3.8) is 0 Å². The molecule has 0 spiro atoms. The highest BCUT2D eigenvalue weighted by Crippen LogP contribution is 2.46. The highest BCUT2D eigenvalue weighted by Gasteiger charge is 2.49. The van der Waals surface area contributed by atoms with Crippen LogP contribution in [0.1, 0.15) is 320 Å². The average Bonchev–Trinajstić information content (AvgIpc) is 1.60. The van der Waals surface area contributed by atoms with Crippen LogP contribution in [0, 0.1) is 13.8 Å². The van der Waals surface area contributed by atoms with E-state index in [0.717, 1.165) is 58.0 Å². The Kier molecular flexibility index (Phi) is 28.9. The first-order chi connectivity index (χ1) is 65.0. The predicted molar refractivity (Wildman–Crippen MR) is 564 cm³/mol. The molecule has 138 heavy (non-hydrogen) atoms. The second-order valence-electron chi connectivity index (χ2n) is 43.3. The fourth-order valence-corrected chi connectivity index (χ4v) is 22.0. The zero-order valence-electron chi connectivity index (χ0n) is 90.4. The second-order valence-corrected chi connectivity index (χ2v) is 43.3. The van der Waals surface area contributed by atoms with E-state index in [4.69, 9.17) is 4.98 Å². The Morgan fingerprint density at radius 3 is 0.877 bits per heavy atom. The minimum atomic E-state index is -0.312. The van der Waals surface area contributed by atoms with Crippen LogP contribution in [0.5, 0.6) is 0 Å². The van der Waals surface area contributed by atoms with Gasteiger partial charge in [0.2, 0.25) is 0 Å². The van der Waals surface area contributed by atoms with Gasteiger partial charge in [-0.05, 0) is 207 Å². The summed E-state index contributed by atoms with van der Waals surface area (Å²) in [4.78, 5) is 33.5. The minimum Gasteiger partial charge on any atom is -0.336 e. The lowest BCUT2D eigenvalue weighted by Crippen LogP contribution is -2.50. The van der Waals surface area contributed by atoms with Crippen molar-refractivity contribution in [3.8, 4) is 22.7 Å². The standard InChI is InChI=1S/C31H41N6.2C28H41N6.C27H39N6/c1-21(2)24-13-12-14-25(22(3)4)28(24)36-18-17-33(8)30(36)35-19-20-37(23(35)5)31(6,7)29-32-26-15-10-11-16-27(26)34(29)9;1-19(2)23-12-11-13-24(20(3)4)26(23)33-15-14-30(9)27(33)32-16-17-34(22(32)6)28(7,8)25-18-29-21(5)31(25)10;1-19(2)23-12-11-13-24(20(3)4)26(23)33-15-14-30(9)27(33)32-16-17-34(22(32)6)28(7,8)25-18-21(5)29-31(25)10;1-19(2)22-11-10-12-23(20(3)4)24(22)32-16-15-30(9)26(32)31-17-18-33(21(31)5)27(6,7)25-28-13-14-29(25)8/h10-23H,1-9H3;2*11-20,22H,1-10H3;10-21H,1-9H3/q4*+1/t23-;2*22-;21-/m1111/s1. The van der Waals surface area contributed by atoms with E-state index in [2.05, 4.69) is 564 Å². The van der Waals surface area contributed by atoms with Gasteiger partial charge in [-0.2, -0.15) is 5.10 Å². The Hall–Kier alpha value is -12.6. The third-order valence-corrected chi connectivity index (χ3v) is 29.7. The molecule has 734 valence electrons. The smallest absolute Gasteiger partial charge is 0.336 e. The highest BCUT2D eigenvalue weighted by molar-refractivity contribution is 5.76. The van der Waals surface area contributed by atoms with Gasteiger partial charge in [0, 0.05) is 65.4 Å². The molecule has 0 unspecified atom stereocenters. The number of aryl methyl sites for hydroxylation is 9. The maximum absolute atomic E-state index is 5.05. The van der Waals surface area contributed by atoms with Gasteiger partial charge >= 0.3 is 23.8 Å². The molecule has 0 saturated carbocycles. The number of hydrogen-bond acceptors (Lipinski definition) is 12. The zero-order chi connectivity index (χ0) is 101. The van der Waals surface area contributed by atoms with E-state index in [1.807, 2.05) is 30.3 Å². The molecule has 0 radical (unpaired) electrons. The summed E-state index contributed by atoms with van der Waals surface area (Å²) < 4.78 is 27.0. The Labute approximate surface area is 825 Å². The largest absolute Gasteiger partial charge is 0.370 e. The molecule has 24 heteroatoms. The summed E-state index contributed by atoms with van der Waals surface area (Å²) in [5.74, 6) is 11.2. The molecule has 0 amide bonds. The first-order valence-corrected chi connectivity index (χ1v) is 50.2. The van der Waals surface area contributed by atoms with E-state index in [9.17, 15) is 0 Å². The molecule has 0 aliphatic carbocycles. The summed E-state index contributed by atoms with van der Waals surface area (Å²) in [5, 5.41) is 4.61. The molecule has 0 bridgehead atoms. The predicted octanol–water partition coefficient (Wildman–Crippen LogP) is 22.4. The maximum atomic E-state index is 5.05. The van der Waals surface area contributed by atoms with Crippen LogP contribution in [0.4, 0.5) is 23.8 Å². The van der Waals surface area contributed by atoms with E-state index in [-0.39, 0.29) is 46.8 Å². The van der Waals surface area contributed by atoms with Gasteiger partial charge in [-0.1, -0.05) is 196 Å². The quantitative estimate of drug-likeness (QED) is 0.0533. The van der Waals surface area contributed by atoms with Crippen molar-refractivity contribution in [2.24, 2.45) is 56.4 Å². The van der Waals surface area contributed by atoms with E-state index >= 15 is 0 Å². The summed E-state index contributed by atoms with van der Waals surface area (Å²) in [6.45, 7) is 67.8. The van der Waals surface area contributed by atoms with Crippen LogP contribution in [-0.4, -0.2) is 101 Å². The van der Waals surface area contributed by atoms with Crippen LogP contribution in [0.2, 0.25) is 0 Å². The molecule has 8 aromatic heterocycles. The van der Waals surface area contributed by atoms with E-state index in [1.54, 1.807) is 0 Å². The molecule has 12 heterocycles. The molecule has 24 nitrogen and oxygen atoms in total. The van der Waals surface area contributed by atoms with Crippen molar-refractivity contribution in [2.75, 3.05) is 19.6 Å². The van der Waals surface area contributed by atoms with Gasteiger partial charge in [-0.15, -0.1) is 0 Å². The Balaban J connectivity index is 0.000000147. The summed E-state index contributed by atoms with van der Waals surface area (Å²) in [6.07, 6.45) is 41.6. The number of anilines is 4. The minimum absolute atomic E-state index is 0.100. The summed E-state index contributed by atoms with van der Waals surface area (Å²) in [7, 11) is 16.9. The first kappa shape index (κ1) is 101.